The van der Waals surface area contributed by atoms with E-state index in [9.17, 15) is 4.79 Å². The Morgan fingerprint density at radius 3 is 2.67 bits per heavy atom. The molecule has 0 aliphatic heterocycles. The van der Waals surface area contributed by atoms with Gasteiger partial charge in [-0.15, -0.1) is 0 Å². The first-order valence-electron chi connectivity index (χ1n) is 5.50. The van der Waals surface area contributed by atoms with Crippen molar-refractivity contribution in [2.75, 3.05) is 20.3 Å². The van der Waals surface area contributed by atoms with Crippen molar-refractivity contribution in [1.82, 2.24) is 5.32 Å². The Kier molecular flexibility index (Phi) is 5.06. The third kappa shape index (κ3) is 3.76. The van der Waals surface area contributed by atoms with Crippen molar-refractivity contribution in [3.8, 4) is 0 Å². The lowest BCUT2D eigenvalue weighted by Gasteiger charge is -2.23. The van der Waals surface area contributed by atoms with E-state index in [0.29, 0.717) is 13.2 Å². The summed E-state index contributed by atoms with van der Waals surface area (Å²) >= 11 is 3.45. The Hall–Kier alpha value is -0.0900. The van der Waals surface area contributed by atoms with Gasteiger partial charge in [0, 0.05) is 19.1 Å². The van der Waals surface area contributed by atoms with E-state index < -0.39 is 0 Å². The number of hydrogen-bond acceptors (Lipinski definition) is 2. The van der Waals surface area contributed by atoms with Gasteiger partial charge in [0.1, 0.15) is 0 Å². The van der Waals surface area contributed by atoms with Crippen LogP contribution < -0.4 is 5.32 Å². The van der Waals surface area contributed by atoms with Crippen molar-refractivity contribution in [1.29, 1.82) is 0 Å². The van der Waals surface area contributed by atoms with Crippen molar-refractivity contribution >= 4 is 21.8 Å². The number of ether oxygens (including phenoxy) is 1. The molecule has 1 aliphatic carbocycles. The number of hydrogen-bond donors (Lipinski definition) is 1. The molecule has 1 aliphatic rings. The standard InChI is InChI=1S/C11H20BrNO2/c1-11(5-3-4-6-11)10(14)13-7-9(12)8-15-2/h9H,3-8H2,1-2H3,(H,13,14). The Bertz CT molecular complexity index is 215. The van der Waals surface area contributed by atoms with Crippen LogP contribution in [0, 0.1) is 5.41 Å². The van der Waals surface area contributed by atoms with Crippen molar-refractivity contribution in [2.24, 2.45) is 5.41 Å². The lowest BCUT2D eigenvalue weighted by Crippen LogP contribution is -2.40. The smallest absolute Gasteiger partial charge is 0.225 e. The average Bonchev–Trinajstić information content (AvgIpc) is 2.63. The van der Waals surface area contributed by atoms with Crippen LogP contribution in [0.2, 0.25) is 0 Å². The van der Waals surface area contributed by atoms with Gasteiger partial charge in [-0.1, -0.05) is 35.7 Å². The van der Waals surface area contributed by atoms with Gasteiger partial charge in [0.25, 0.3) is 0 Å². The molecule has 1 atom stereocenters. The van der Waals surface area contributed by atoms with Crippen LogP contribution in [-0.4, -0.2) is 31.0 Å². The van der Waals surface area contributed by atoms with Gasteiger partial charge in [0.15, 0.2) is 0 Å². The highest BCUT2D eigenvalue weighted by atomic mass is 79.9. The highest BCUT2D eigenvalue weighted by Crippen LogP contribution is 2.37. The summed E-state index contributed by atoms with van der Waals surface area (Å²) in [5, 5.41) is 2.98. The van der Waals surface area contributed by atoms with E-state index in [1.807, 2.05) is 0 Å². The van der Waals surface area contributed by atoms with Gasteiger partial charge >= 0.3 is 0 Å². The molecule has 88 valence electrons. The van der Waals surface area contributed by atoms with Crippen LogP contribution >= 0.6 is 15.9 Å². The van der Waals surface area contributed by atoms with Gasteiger partial charge in [0.05, 0.1) is 11.4 Å². The number of alkyl halides is 1. The Balaban J connectivity index is 2.29. The SMILES string of the molecule is COCC(Br)CNC(=O)C1(C)CCCC1. The minimum Gasteiger partial charge on any atom is -0.383 e. The summed E-state index contributed by atoms with van der Waals surface area (Å²) in [5.74, 6) is 0.195. The zero-order valence-electron chi connectivity index (χ0n) is 9.51. The Morgan fingerprint density at radius 2 is 2.13 bits per heavy atom. The van der Waals surface area contributed by atoms with Crippen molar-refractivity contribution in [2.45, 2.75) is 37.4 Å². The average molecular weight is 278 g/mol. The normalized spacial score (nSPS) is 21.3. The Morgan fingerprint density at radius 1 is 1.53 bits per heavy atom. The second-order valence-electron chi connectivity index (χ2n) is 4.53. The molecule has 0 saturated heterocycles. The lowest BCUT2D eigenvalue weighted by atomic mass is 9.88. The zero-order chi connectivity index (χ0) is 11.3. The fourth-order valence-electron chi connectivity index (χ4n) is 2.04. The summed E-state index contributed by atoms with van der Waals surface area (Å²) in [6.07, 6.45) is 4.41. The molecule has 1 rings (SSSR count). The quantitative estimate of drug-likeness (QED) is 0.782. The monoisotopic (exact) mass is 277 g/mol. The van der Waals surface area contributed by atoms with Crippen LogP contribution in [0.5, 0.6) is 0 Å². The number of rotatable bonds is 5. The highest BCUT2D eigenvalue weighted by Gasteiger charge is 2.35. The molecule has 15 heavy (non-hydrogen) atoms. The third-order valence-corrected chi connectivity index (χ3v) is 3.67. The second kappa shape index (κ2) is 5.85. The molecule has 0 spiro atoms. The van der Waals surface area contributed by atoms with Crippen molar-refractivity contribution in [3.05, 3.63) is 0 Å². The van der Waals surface area contributed by atoms with Crippen LogP contribution in [0.1, 0.15) is 32.6 Å². The number of nitrogens with one attached hydrogen (secondary N) is 1. The molecule has 1 fully saturated rings. The van der Waals surface area contributed by atoms with Crippen LogP contribution in [0.25, 0.3) is 0 Å². The molecule has 0 bridgehead atoms. The first kappa shape index (κ1) is 13.0. The fourth-order valence-corrected chi connectivity index (χ4v) is 2.47. The number of carbonyl (C=O) groups is 1. The third-order valence-electron chi connectivity index (χ3n) is 3.09. The van der Waals surface area contributed by atoms with E-state index in [-0.39, 0.29) is 16.1 Å². The van der Waals surface area contributed by atoms with E-state index in [2.05, 4.69) is 28.2 Å². The zero-order valence-corrected chi connectivity index (χ0v) is 11.1. The molecular weight excluding hydrogens is 258 g/mol. The van der Waals surface area contributed by atoms with E-state index in [4.69, 9.17) is 4.74 Å². The van der Waals surface area contributed by atoms with Crippen LogP contribution in [0.15, 0.2) is 0 Å². The second-order valence-corrected chi connectivity index (χ2v) is 5.83. The van der Waals surface area contributed by atoms with E-state index in [1.165, 1.54) is 12.8 Å². The van der Waals surface area contributed by atoms with Crippen LogP contribution in [-0.2, 0) is 9.53 Å². The van der Waals surface area contributed by atoms with Gasteiger partial charge in [-0.25, -0.2) is 0 Å². The molecule has 1 saturated carbocycles. The molecule has 4 heteroatoms. The molecule has 0 heterocycles. The number of methoxy groups -OCH3 is 1. The summed E-state index contributed by atoms with van der Waals surface area (Å²) in [7, 11) is 1.66. The molecule has 0 aromatic rings. The summed E-state index contributed by atoms with van der Waals surface area (Å²) < 4.78 is 4.99. The molecule has 0 radical (unpaired) electrons. The van der Waals surface area contributed by atoms with Crippen molar-refractivity contribution < 1.29 is 9.53 Å². The lowest BCUT2D eigenvalue weighted by molar-refractivity contribution is -0.129. The molecule has 1 amide bonds. The number of amides is 1. The maximum atomic E-state index is 11.9. The largest absolute Gasteiger partial charge is 0.383 e. The van der Waals surface area contributed by atoms with Gasteiger partial charge in [-0.3, -0.25) is 4.79 Å². The minimum atomic E-state index is -0.125. The van der Waals surface area contributed by atoms with E-state index >= 15 is 0 Å². The minimum absolute atomic E-state index is 0.125. The highest BCUT2D eigenvalue weighted by molar-refractivity contribution is 9.09. The summed E-state index contributed by atoms with van der Waals surface area (Å²) in [4.78, 5) is 12.1. The van der Waals surface area contributed by atoms with Gasteiger partial charge in [0.2, 0.25) is 5.91 Å². The summed E-state index contributed by atoms with van der Waals surface area (Å²) in [5.41, 5.74) is -0.125. The topological polar surface area (TPSA) is 38.3 Å². The first-order valence-corrected chi connectivity index (χ1v) is 6.41. The van der Waals surface area contributed by atoms with E-state index in [1.54, 1.807) is 7.11 Å². The number of halogens is 1. The predicted molar refractivity (Wildman–Crippen MR) is 64.2 cm³/mol. The van der Waals surface area contributed by atoms with Gasteiger partial charge < -0.3 is 10.1 Å². The first-order chi connectivity index (χ1) is 7.08. The maximum Gasteiger partial charge on any atom is 0.225 e. The van der Waals surface area contributed by atoms with Crippen molar-refractivity contribution in [3.63, 3.8) is 0 Å². The molecule has 0 aromatic heterocycles. The fraction of sp³-hybridized carbons (Fsp3) is 0.909. The predicted octanol–water partition coefficient (Wildman–Crippen LogP) is 2.09. The molecule has 1 N–H and O–H groups in total. The molecular formula is C11H20BrNO2. The summed E-state index contributed by atoms with van der Waals surface area (Å²) in [6.45, 7) is 3.33. The van der Waals surface area contributed by atoms with Gasteiger partial charge in [-0.2, -0.15) is 0 Å². The molecule has 3 nitrogen and oxygen atoms in total. The Labute approximate surface area is 100 Å². The van der Waals surface area contributed by atoms with Gasteiger partial charge in [-0.05, 0) is 12.8 Å². The maximum absolute atomic E-state index is 11.9. The summed E-state index contributed by atoms with van der Waals surface area (Å²) in [6, 6.07) is 0. The van der Waals surface area contributed by atoms with Crippen LogP contribution in [0.3, 0.4) is 0 Å². The van der Waals surface area contributed by atoms with E-state index in [0.717, 1.165) is 12.8 Å². The van der Waals surface area contributed by atoms with Crippen LogP contribution in [0.4, 0.5) is 0 Å². The molecule has 0 aromatic carbocycles. The number of carbonyl (C=O) groups excluding carboxylic acids is 1. The molecule has 1 unspecified atom stereocenters.